The number of carbonyl (C=O) groups is 2. The summed E-state index contributed by atoms with van der Waals surface area (Å²) in [7, 11) is 0. The van der Waals surface area contributed by atoms with Crippen molar-refractivity contribution in [1.29, 1.82) is 0 Å². The molecule has 0 spiro atoms. The van der Waals surface area contributed by atoms with E-state index in [-0.39, 0.29) is 29.8 Å². The topological polar surface area (TPSA) is 93.7 Å². The summed E-state index contributed by atoms with van der Waals surface area (Å²) >= 11 is 0. The molecule has 0 aliphatic carbocycles. The van der Waals surface area contributed by atoms with Crippen LogP contribution in [0.25, 0.3) is 0 Å². The molecule has 3 unspecified atom stereocenters. The number of piperazine rings is 1. The summed E-state index contributed by atoms with van der Waals surface area (Å²) in [6.07, 6.45) is 7.73. The first-order chi connectivity index (χ1) is 16.2. The predicted octanol–water partition coefficient (Wildman–Crippen LogP) is 0.972. The number of hydrazine groups is 1. The SMILES string of the molecule is O=C(C1CCCN(C(=O)C2CC(c3ccncc3)NN2)C1)N1CCN(c2ccccn2)CC1. The van der Waals surface area contributed by atoms with Gasteiger partial charge in [0.15, 0.2) is 0 Å². The van der Waals surface area contributed by atoms with E-state index in [0.717, 1.165) is 37.3 Å². The molecule has 0 saturated carbocycles. The van der Waals surface area contributed by atoms with E-state index < -0.39 is 0 Å². The molecule has 2 aromatic heterocycles. The summed E-state index contributed by atoms with van der Waals surface area (Å²) in [4.78, 5) is 41.0. The first-order valence-electron chi connectivity index (χ1n) is 11.8. The molecule has 9 nitrogen and oxygen atoms in total. The lowest BCUT2D eigenvalue weighted by atomic mass is 9.95. The lowest BCUT2D eigenvalue weighted by Gasteiger charge is -2.39. The quantitative estimate of drug-likeness (QED) is 0.719. The highest BCUT2D eigenvalue weighted by atomic mass is 16.2. The fourth-order valence-electron chi connectivity index (χ4n) is 5.09. The molecule has 3 saturated heterocycles. The molecule has 174 valence electrons. The van der Waals surface area contributed by atoms with Gasteiger partial charge < -0.3 is 14.7 Å². The largest absolute Gasteiger partial charge is 0.353 e. The minimum absolute atomic E-state index is 0.0801. The van der Waals surface area contributed by atoms with E-state index in [1.807, 2.05) is 40.1 Å². The lowest BCUT2D eigenvalue weighted by Crippen LogP contribution is -2.54. The Morgan fingerprint density at radius 2 is 1.70 bits per heavy atom. The normalized spacial score (nSPS) is 25.8. The summed E-state index contributed by atoms with van der Waals surface area (Å²) in [5.41, 5.74) is 7.51. The highest BCUT2D eigenvalue weighted by molar-refractivity contribution is 5.84. The summed E-state index contributed by atoms with van der Waals surface area (Å²) in [5, 5.41) is 0. The van der Waals surface area contributed by atoms with Crippen LogP contribution < -0.4 is 15.8 Å². The molecule has 3 fully saturated rings. The number of nitrogens with zero attached hydrogens (tertiary/aromatic N) is 5. The highest BCUT2D eigenvalue weighted by Crippen LogP contribution is 2.25. The number of rotatable bonds is 4. The number of amides is 2. The second-order valence-corrected chi connectivity index (χ2v) is 9.03. The van der Waals surface area contributed by atoms with Crippen molar-refractivity contribution in [2.24, 2.45) is 5.92 Å². The lowest BCUT2D eigenvalue weighted by molar-refractivity contribution is -0.142. The maximum absolute atomic E-state index is 13.2. The number of hydrogen-bond acceptors (Lipinski definition) is 7. The molecule has 2 N–H and O–H groups in total. The number of carbonyl (C=O) groups excluding carboxylic acids is 2. The van der Waals surface area contributed by atoms with Gasteiger partial charge in [-0.2, -0.15) is 0 Å². The molecule has 3 aliphatic heterocycles. The van der Waals surface area contributed by atoms with Gasteiger partial charge in [0.05, 0.1) is 5.92 Å². The van der Waals surface area contributed by atoms with Crippen LogP contribution in [0.2, 0.25) is 0 Å². The molecule has 5 rings (SSSR count). The molecule has 9 heteroatoms. The Balaban J connectivity index is 1.14. The van der Waals surface area contributed by atoms with Gasteiger partial charge in [-0.05, 0) is 49.1 Å². The average Bonchev–Trinajstić information content (AvgIpc) is 3.39. The van der Waals surface area contributed by atoms with Crippen molar-refractivity contribution in [3.05, 3.63) is 54.5 Å². The second kappa shape index (κ2) is 9.84. The van der Waals surface area contributed by atoms with Gasteiger partial charge in [-0.15, -0.1) is 0 Å². The van der Waals surface area contributed by atoms with Gasteiger partial charge in [0.25, 0.3) is 0 Å². The molecule has 0 radical (unpaired) electrons. The molecule has 33 heavy (non-hydrogen) atoms. The van der Waals surface area contributed by atoms with Crippen molar-refractivity contribution in [2.75, 3.05) is 44.2 Å². The molecule has 2 aromatic rings. The summed E-state index contributed by atoms with van der Waals surface area (Å²) in [6, 6.07) is 9.65. The first-order valence-corrected chi connectivity index (χ1v) is 11.8. The molecule has 0 aromatic carbocycles. The fourth-order valence-corrected chi connectivity index (χ4v) is 5.09. The van der Waals surface area contributed by atoms with E-state index in [1.54, 1.807) is 18.6 Å². The van der Waals surface area contributed by atoms with E-state index >= 15 is 0 Å². The smallest absolute Gasteiger partial charge is 0.241 e. The van der Waals surface area contributed by atoms with Gasteiger partial charge in [0.1, 0.15) is 11.9 Å². The van der Waals surface area contributed by atoms with Gasteiger partial charge >= 0.3 is 0 Å². The van der Waals surface area contributed by atoms with Gasteiger partial charge in [0.2, 0.25) is 11.8 Å². The predicted molar refractivity (Wildman–Crippen MR) is 124 cm³/mol. The van der Waals surface area contributed by atoms with Crippen molar-refractivity contribution in [3.8, 4) is 0 Å². The zero-order valence-electron chi connectivity index (χ0n) is 18.8. The Morgan fingerprint density at radius 1 is 0.879 bits per heavy atom. The van der Waals surface area contributed by atoms with Crippen LogP contribution >= 0.6 is 0 Å². The third kappa shape index (κ3) is 4.84. The van der Waals surface area contributed by atoms with Crippen molar-refractivity contribution < 1.29 is 9.59 Å². The van der Waals surface area contributed by atoms with Crippen LogP contribution in [0, 0.1) is 5.92 Å². The minimum Gasteiger partial charge on any atom is -0.353 e. The number of nitrogens with one attached hydrogen (secondary N) is 2. The molecule has 3 aliphatic rings. The number of piperidine rings is 1. The van der Waals surface area contributed by atoms with E-state index in [1.165, 1.54) is 0 Å². The van der Waals surface area contributed by atoms with Crippen LogP contribution in [0.15, 0.2) is 48.9 Å². The van der Waals surface area contributed by atoms with Crippen molar-refractivity contribution in [3.63, 3.8) is 0 Å². The van der Waals surface area contributed by atoms with Gasteiger partial charge in [-0.25, -0.2) is 15.8 Å². The van der Waals surface area contributed by atoms with Gasteiger partial charge in [-0.3, -0.25) is 14.6 Å². The maximum atomic E-state index is 13.2. The number of anilines is 1. The molecule has 2 amide bonds. The monoisotopic (exact) mass is 449 g/mol. The molecule has 3 atom stereocenters. The van der Waals surface area contributed by atoms with E-state index in [4.69, 9.17) is 0 Å². The average molecular weight is 450 g/mol. The minimum atomic E-state index is -0.279. The maximum Gasteiger partial charge on any atom is 0.241 e. The third-order valence-electron chi connectivity index (χ3n) is 6.96. The van der Waals surface area contributed by atoms with Crippen molar-refractivity contribution >= 4 is 17.6 Å². The van der Waals surface area contributed by atoms with E-state index in [9.17, 15) is 9.59 Å². The molecular formula is C24H31N7O2. The standard InChI is InChI=1S/C24H31N7O2/c32-23(30-14-12-29(13-15-30)22-5-1-2-8-26-22)19-4-3-11-31(17-19)24(33)21-16-20(27-28-21)18-6-9-25-10-7-18/h1-2,5-10,19-21,27-28H,3-4,11-17H2. The first kappa shape index (κ1) is 21.8. The van der Waals surface area contributed by atoms with Crippen LogP contribution in [0.3, 0.4) is 0 Å². The zero-order chi connectivity index (χ0) is 22.6. The Labute approximate surface area is 194 Å². The van der Waals surface area contributed by atoms with Gasteiger partial charge in [-0.1, -0.05) is 6.07 Å². The Morgan fingerprint density at radius 3 is 2.45 bits per heavy atom. The van der Waals surface area contributed by atoms with Crippen LogP contribution in [-0.2, 0) is 9.59 Å². The Hall–Kier alpha value is -3.04. The van der Waals surface area contributed by atoms with Crippen molar-refractivity contribution in [2.45, 2.75) is 31.3 Å². The fraction of sp³-hybridized carbons (Fsp3) is 0.500. The van der Waals surface area contributed by atoms with Gasteiger partial charge in [0, 0.05) is 63.9 Å². The number of likely N-dealkylation sites (tertiary alicyclic amines) is 1. The number of pyridine rings is 2. The van der Waals surface area contributed by atoms with Crippen LogP contribution in [0.5, 0.6) is 0 Å². The summed E-state index contributed by atoms with van der Waals surface area (Å²) in [6.45, 7) is 4.19. The Bertz CT molecular complexity index is 950. The van der Waals surface area contributed by atoms with E-state index in [0.29, 0.717) is 32.6 Å². The van der Waals surface area contributed by atoms with Crippen molar-refractivity contribution in [1.82, 2.24) is 30.6 Å². The van der Waals surface area contributed by atoms with Crippen LogP contribution in [-0.4, -0.2) is 76.9 Å². The van der Waals surface area contributed by atoms with Crippen LogP contribution in [0.1, 0.15) is 30.9 Å². The third-order valence-corrected chi connectivity index (χ3v) is 6.96. The zero-order valence-corrected chi connectivity index (χ0v) is 18.8. The molecule has 5 heterocycles. The van der Waals surface area contributed by atoms with Crippen LogP contribution in [0.4, 0.5) is 5.82 Å². The number of aromatic nitrogens is 2. The molecule has 0 bridgehead atoms. The highest BCUT2D eigenvalue weighted by Gasteiger charge is 2.37. The van der Waals surface area contributed by atoms with E-state index in [2.05, 4.69) is 25.7 Å². The number of hydrogen-bond donors (Lipinski definition) is 2. The second-order valence-electron chi connectivity index (χ2n) is 9.03. The summed E-state index contributed by atoms with van der Waals surface area (Å²) in [5.74, 6) is 1.10. The molecular weight excluding hydrogens is 418 g/mol. The summed E-state index contributed by atoms with van der Waals surface area (Å²) < 4.78 is 0. The Kier molecular flexibility index (Phi) is 6.50.